The van der Waals surface area contributed by atoms with Crippen LogP contribution in [0.4, 0.5) is 13.2 Å². The van der Waals surface area contributed by atoms with Crippen molar-refractivity contribution < 1.29 is 32.6 Å². The first-order valence-corrected chi connectivity index (χ1v) is 11.1. The van der Waals surface area contributed by atoms with Crippen LogP contribution in [0.2, 0.25) is 5.02 Å². The predicted octanol–water partition coefficient (Wildman–Crippen LogP) is 5.69. The number of halogens is 4. The van der Waals surface area contributed by atoms with Gasteiger partial charge in [-0.15, -0.1) is 0 Å². The minimum atomic E-state index is -4.57. The van der Waals surface area contributed by atoms with Crippen molar-refractivity contribution in [3.8, 4) is 5.75 Å². The molecule has 1 atom stereocenters. The highest BCUT2D eigenvalue weighted by atomic mass is 35.5. The Balaban J connectivity index is 1.89. The zero-order valence-electron chi connectivity index (χ0n) is 19.1. The summed E-state index contributed by atoms with van der Waals surface area (Å²) in [6, 6.07) is 9.71. The quantitative estimate of drug-likeness (QED) is 0.268. The molecule has 186 valence electrons. The summed E-state index contributed by atoms with van der Waals surface area (Å²) in [4.78, 5) is 31.4. The molecule has 36 heavy (non-hydrogen) atoms. The largest absolute Gasteiger partial charge is 0.507 e. The highest BCUT2D eigenvalue weighted by Crippen LogP contribution is 2.43. The van der Waals surface area contributed by atoms with Gasteiger partial charge in [0.25, 0.3) is 11.7 Å². The number of pyridine rings is 1. The summed E-state index contributed by atoms with van der Waals surface area (Å²) in [5.41, 5.74) is 0.270. The van der Waals surface area contributed by atoms with Crippen LogP contribution in [-0.2, 0) is 22.3 Å². The van der Waals surface area contributed by atoms with Gasteiger partial charge in [-0.1, -0.05) is 23.7 Å². The Morgan fingerprint density at radius 3 is 2.47 bits per heavy atom. The number of ketones is 1. The summed E-state index contributed by atoms with van der Waals surface area (Å²) in [5.74, 6) is -2.35. The van der Waals surface area contributed by atoms with Crippen LogP contribution < -0.4 is 4.74 Å². The third-order valence-electron chi connectivity index (χ3n) is 5.82. The SMILES string of the molecule is COc1c(Cl)cc(C)cc1/C(O)=C1\C(=O)C(=O)N(Cc2cccc(C(F)(F)F)c2)C1c1ccncc1. The molecule has 1 amide bonds. The van der Waals surface area contributed by atoms with Crippen LogP contribution in [0.1, 0.15) is 33.9 Å². The van der Waals surface area contributed by atoms with Crippen LogP contribution in [0.3, 0.4) is 0 Å². The van der Waals surface area contributed by atoms with Gasteiger partial charge in [0.05, 0.1) is 34.9 Å². The lowest BCUT2D eigenvalue weighted by Crippen LogP contribution is -2.29. The first kappa shape index (κ1) is 25.2. The molecule has 1 fully saturated rings. The lowest BCUT2D eigenvalue weighted by molar-refractivity contribution is -0.140. The maximum Gasteiger partial charge on any atom is 0.416 e. The molecule has 1 N–H and O–H groups in total. The molecule has 1 saturated heterocycles. The fourth-order valence-electron chi connectivity index (χ4n) is 4.24. The molecule has 0 spiro atoms. The van der Waals surface area contributed by atoms with Crippen LogP contribution in [0.15, 0.2) is 66.5 Å². The van der Waals surface area contributed by atoms with Crippen LogP contribution in [0.25, 0.3) is 5.76 Å². The maximum absolute atomic E-state index is 13.2. The molecule has 0 aliphatic carbocycles. The molecule has 10 heteroatoms. The molecule has 0 radical (unpaired) electrons. The van der Waals surface area contributed by atoms with E-state index in [0.29, 0.717) is 11.1 Å². The lowest BCUT2D eigenvalue weighted by Gasteiger charge is -2.26. The van der Waals surface area contributed by atoms with Gasteiger partial charge in [0, 0.05) is 18.9 Å². The number of alkyl halides is 3. The number of Topliss-reactive ketones (excluding diaryl/α,β-unsaturated/α-hetero) is 1. The van der Waals surface area contributed by atoms with Crippen molar-refractivity contribution in [1.29, 1.82) is 0 Å². The number of aliphatic hydroxyl groups excluding tert-OH is 1. The smallest absolute Gasteiger partial charge is 0.416 e. The summed E-state index contributed by atoms with van der Waals surface area (Å²) in [6.45, 7) is 1.43. The Hall–Kier alpha value is -3.85. The number of rotatable bonds is 5. The highest BCUT2D eigenvalue weighted by Gasteiger charge is 2.46. The molecule has 6 nitrogen and oxygen atoms in total. The topological polar surface area (TPSA) is 79.7 Å². The number of aromatic nitrogens is 1. The Morgan fingerprint density at radius 1 is 1.14 bits per heavy atom. The Labute approximate surface area is 209 Å². The zero-order chi connectivity index (χ0) is 26.2. The van der Waals surface area contributed by atoms with Crippen LogP contribution in [0.5, 0.6) is 5.75 Å². The second kappa shape index (κ2) is 9.66. The van der Waals surface area contributed by atoms with E-state index >= 15 is 0 Å². The summed E-state index contributed by atoms with van der Waals surface area (Å²) < 4.78 is 45.1. The van der Waals surface area contributed by atoms with Crippen molar-refractivity contribution in [1.82, 2.24) is 9.88 Å². The van der Waals surface area contributed by atoms with Crippen LogP contribution >= 0.6 is 11.6 Å². The Kier molecular flexibility index (Phi) is 6.77. The second-order valence-corrected chi connectivity index (χ2v) is 8.64. The highest BCUT2D eigenvalue weighted by molar-refractivity contribution is 6.46. The van der Waals surface area contributed by atoms with Gasteiger partial charge in [-0.25, -0.2) is 0 Å². The molecule has 1 aliphatic heterocycles. The normalized spacial score (nSPS) is 17.5. The third-order valence-corrected chi connectivity index (χ3v) is 6.10. The lowest BCUT2D eigenvalue weighted by atomic mass is 9.95. The summed E-state index contributed by atoms with van der Waals surface area (Å²) in [5, 5.41) is 11.5. The standard InChI is InChI=1S/C26H20ClF3N2O4/c1-14-10-18(24(36-2)19(27)11-14)22(33)20-21(16-6-8-31-9-7-16)32(25(35)23(20)34)13-15-4-3-5-17(12-15)26(28,29)30/h3-12,21,33H,13H2,1-2H3/b22-20+. The summed E-state index contributed by atoms with van der Waals surface area (Å²) >= 11 is 6.27. The number of aryl methyl sites for hydroxylation is 1. The van der Waals surface area contributed by atoms with Gasteiger partial charge in [-0.2, -0.15) is 13.2 Å². The molecule has 1 unspecified atom stereocenters. The van der Waals surface area contributed by atoms with Gasteiger partial charge in [0.2, 0.25) is 0 Å². The Bertz CT molecular complexity index is 1370. The molecule has 2 heterocycles. The van der Waals surface area contributed by atoms with Gasteiger partial charge < -0.3 is 14.7 Å². The average Bonchev–Trinajstić information content (AvgIpc) is 3.08. The molecule has 4 rings (SSSR count). The summed E-state index contributed by atoms with van der Waals surface area (Å²) in [6.07, 6.45) is -1.68. The van der Waals surface area contributed by atoms with Crippen molar-refractivity contribution in [3.63, 3.8) is 0 Å². The van der Waals surface area contributed by atoms with Gasteiger partial charge in [0.15, 0.2) is 0 Å². The van der Waals surface area contributed by atoms with Gasteiger partial charge in [-0.3, -0.25) is 14.6 Å². The first-order chi connectivity index (χ1) is 17.0. The molecule has 3 aromatic rings. The van der Waals surface area contributed by atoms with E-state index in [1.54, 1.807) is 31.2 Å². The van der Waals surface area contributed by atoms with Gasteiger partial charge in [0.1, 0.15) is 11.5 Å². The number of amides is 1. The average molecular weight is 517 g/mol. The molecule has 1 aliphatic rings. The second-order valence-electron chi connectivity index (χ2n) is 8.23. The number of methoxy groups -OCH3 is 1. The minimum Gasteiger partial charge on any atom is -0.507 e. The van der Waals surface area contributed by atoms with E-state index < -0.39 is 35.2 Å². The molecular weight excluding hydrogens is 497 g/mol. The number of likely N-dealkylation sites (tertiary alicyclic amines) is 1. The maximum atomic E-state index is 13.2. The van der Waals surface area contributed by atoms with Crippen molar-refractivity contribution in [2.45, 2.75) is 25.7 Å². The Morgan fingerprint density at radius 2 is 1.83 bits per heavy atom. The number of hydrogen-bond donors (Lipinski definition) is 1. The van der Waals surface area contributed by atoms with E-state index in [1.165, 1.54) is 31.6 Å². The number of ether oxygens (including phenoxy) is 1. The molecule has 1 aromatic heterocycles. The van der Waals surface area contributed by atoms with Gasteiger partial charge >= 0.3 is 6.18 Å². The monoisotopic (exact) mass is 516 g/mol. The number of nitrogens with zero attached hydrogens (tertiary/aromatic N) is 2. The van der Waals surface area contributed by atoms with Crippen molar-refractivity contribution >= 4 is 29.1 Å². The van der Waals surface area contributed by atoms with Crippen LogP contribution in [0, 0.1) is 6.92 Å². The molecule has 2 aromatic carbocycles. The fourth-order valence-corrected chi connectivity index (χ4v) is 4.59. The van der Waals surface area contributed by atoms with E-state index in [4.69, 9.17) is 16.3 Å². The number of carbonyl (C=O) groups is 2. The van der Waals surface area contributed by atoms with E-state index in [1.807, 2.05) is 0 Å². The fraction of sp³-hybridized carbons (Fsp3) is 0.192. The zero-order valence-corrected chi connectivity index (χ0v) is 19.9. The minimum absolute atomic E-state index is 0.109. The van der Waals surface area contributed by atoms with E-state index in [9.17, 15) is 27.9 Å². The van der Waals surface area contributed by atoms with Crippen LogP contribution in [-0.4, -0.2) is 33.8 Å². The van der Waals surface area contributed by atoms with Crippen molar-refractivity contribution in [2.75, 3.05) is 7.11 Å². The predicted molar refractivity (Wildman–Crippen MR) is 126 cm³/mol. The van der Waals surface area contributed by atoms with Gasteiger partial charge in [-0.05, 0) is 60.0 Å². The number of hydrogen-bond acceptors (Lipinski definition) is 5. The number of aliphatic hydroxyl groups is 1. The molecule has 0 saturated carbocycles. The number of carbonyl (C=O) groups excluding carboxylic acids is 2. The molecular formula is C26H20ClF3N2O4. The number of benzene rings is 2. The molecule has 0 bridgehead atoms. The first-order valence-electron chi connectivity index (χ1n) is 10.7. The van der Waals surface area contributed by atoms with Crippen molar-refractivity contribution in [3.05, 3.63) is 99.3 Å². The van der Waals surface area contributed by atoms with E-state index in [-0.39, 0.29) is 34.0 Å². The van der Waals surface area contributed by atoms with E-state index in [2.05, 4.69) is 4.98 Å². The third kappa shape index (κ3) is 4.66. The van der Waals surface area contributed by atoms with E-state index in [0.717, 1.165) is 17.0 Å². The van der Waals surface area contributed by atoms with Crippen molar-refractivity contribution in [2.24, 2.45) is 0 Å². The summed E-state index contributed by atoms with van der Waals surface area (Å²) in [7, 11) is 1.35.